The molecule has 170 valence electrons. The van der Waals surface area contributed by atoms with E-state index in [1.807, 2.05) is 62.1 Å². The van der Waals surface area contributed by atoms with Gasteiger partial charge in [0.2, 0.25) is 0 Å². The van der Waals surface area contributed by atoms with Gasteiger partial charge in [-0.1, -0.05) is 25.1 Å². The van der Waals surface area contributed by atoms with Crippen LogP contribution >= 0.6 is 0 Å². The molecule has 0 aromatic heterocycles. The lowest BCUT2D eigenvalue weighted by molar-refractivity contribution is 0.0601. The third-order valence-electron chi connectivity index (χ3n) is 7.37. The van der Waals surface area contributed by atoms with Gasteiger partial charge in [-0.15, -0.1) is 0 Å². The second kappa shape index (κ2) is 8.86. The van der Waals surface area contributed by atoms with Gasteiger partial charge in [-0.25, -0.2) is 0 Å². The fourth-order valence-corrected chi connectivity index (χ4v) is 4.69. The summed E-state index contributed by atoms with van der Waals surface area (Å²) in [6.45, 7) is 9.43. The van der Waals surface area contributed by atoms with Crippen LogP contribution in [0.3, 0.4) is 0 Å². The number of nitriles is 1. The first kappa shape index (κ1) is 22.8. The van der Waals surface area contributed by atoms with E-state index < -0.39 is 0 Å². The second-order valence-corrected chi connectivity index (χ2v) is 9.83. The zero-order chi connectivity index (χ0) is 23.9. The Kier molecular flexibility index (Phi) is 6.12. The van der Waals surface area contributed by atoms with Crippen molar-refractivity contribution in [1.82, 2.24) is 4.90 Å². The smallest absolute Gasteiger partial charge is 0.254 e. The molecular weight excluding hydrogens is 408 g/mol. The first-order chi connectivity index (χ1) is 15.7. The summed E-state index contributed by atoms with van der Waals surface area (Å²) in [7, 11) is 0. The van der Waals surface area contributed by atoms with E-state index in [4.69, 9.17) is 16.4 Å². The predicted octanol–water partition coefficient (Wildman–Crippen LogP) is 5.06. The first-order valence-corrected chi connectivity index (χ1v) is 11.6. The minimum absolute atomic E-state index is 0.00727. The summed E-state index contributed by atoms with van der Waals surface area (Å²) in [6.07, 6.45) is 2.05. The Morgan fingerprint density at radius 3 is 2.33 bits per heavy atom. The number of amides is 1. The van der Waals surface area contributed by atoms with Gasteiger partial charge in [0.1, 0.15) is 0 Å². The molecule has 5 nitrogen and oxygen atoms in total. The van der Waals surface area contributed by atoms with Crippen molar-refractivity contribution in [2.75, 3.05) is 13.1 Å². The van der Waals surface area contributed by atoms with Gasteiger partial charge in [0.05, 0.1) is 17.3 Å². The lowest BCUT2D eigenvalue weighted by Gasteiger charge is -2.40. The number of hydrogen-bond donors (Lipinski definition) is 2. The Hall–Kier alpha value is -3.39. The highest BCUT2D eigenvalue weighted by atomic mass is 16.2. The monoisotopic (exact) mass is 440 g/mol. The normalized spacial score (nSPS) is 20.5. The van der Waals surface area contributed by atoms with E-state index in [9.17, 15) is 4.79 Å². The van der Waals surface area contributed by atoms with Crippen LogP contribution in [-0.2, 0) is 0 Å². The number of carbonyl (C=O) groups excluding carboxylic acids is 1. The van der Waals surface area contributed by atoms with Crippen molar-refractivity contribution < 1.29 is 4.79 Å². The Bertz CT molecular complexity index is 1180. The summed E-state index contributed by atoms with van der Waals surface area (Å²) in [5.74, 6) is 1.66. The largest absolute Gasteiger partial charge is 0.402 e. The predicted molar refractivity (Wildman–Crippen MR) is 131 cm³/mol. The fraction of sp³-hybridized carbons (Fsp3) is 0.393. The molecule has 0 radical (unpaired) electrons. The van der Waals surface area contributed by atoms with Crippen LogP contribution in [0.25, 0.3) is 0 Å². The molecule has 4 rings (SSSR count). The van der Waals surface area contributed by atoms with Crippen molar-refractivity contribution in [2.24, 2.45) is 17.6 Å². The van der Waals surface area contributed by atoms with Crippen molar-refractivity contribution in [1.29, 1.82) is 10.7 Å². The highest BCUT2D eigenvalue weighted by Gasteiger charge is 2.34. The highest BCUT2D eigenvalue weighted by molar-refractivity contribution is 6.12. The number of carbonyl (C=O) groups is 1. The molecule has 5 heteroatoms. The molecule has 2 aromatic carbocycles. The van der Waals surface area contributed by atoms with Gasteiger partial charge in [0.25, 0.3) is 5.91 Å². The van der Waals surface area contributed by atoms with Crippen LogP contribution in [0.1, 0.15) is 70.8 Å². The van der Waals surface area contributed by atoms with Crippen LogP contribution in [0.2, 0.25) is 0 Å². The van der Waals surface area contributed by atoms with Crippen LogP contribution in [0.5, 0.6) is 0 Å². The summed E-state index contributed by atoms with van der Waals surface area (Å²) in [6, 6.07) is 13.6. The maximum atomic E-state index is 13.3. The third kappa shape index (κ3) is 4.57. The molecule has 1 heterocycles. The van der Waals surface area contributed by atoms with Gasteiger partial charge in [-0.3, -0.25) is 10.2 Å². The van der Waals surface area contributed by atoms with Gasteiger partial charge in [0, 0.05) is 35.8 Å². The number of benzene rings is 2. The maximum absolute atomic E-state index is 13.3. The third-order valence-corrected chi connectivity index (χ3v) is 7.37. The molecule has 0 spiro atoms. The Morgan fingerprint density at radius 1 is 1.15 bits per heavy atom. The van der Waals surface area contributed by atoms with E-state index in [0.717, 1.165) is 45.9 Å². The summed E-state index contributed by atoms with van der Waals surface area (Å²) in [4.78, 5) is 15.1. The number of rotatable bonds is 6. The quantitative estimate of drug-likeness (QED) is 0.615. The zero-order valence-corrected chi connectivity index (χ0v) is 19.9. The molecule has 33 heavy (non-hydrogen) atoms. The van der Waals surface area contributed by atoms with Gasteiger partial charge in [-0.05, 0) is 85.9 Å². The molecule has 1 aliphatic heterocycles. The van der Waals surface area contributed by atoms with Crippen LogP contribution in [0.15, 0.2) is 47.7 Å². The molecule has 2 fully saturated rings. The molecule has 2 aromatic rings. The van der Waals surface area contributed by atoms with E-state index in [2.05, 4.69) is 13.0 Å². The van der Waals surface area contributed by atoms with E-state index in [-0.39, 0.29) is 5.91 Å². The molecule has 1 saturated carbocycles. The van der Waals surface area contributed by atoms with E-state index in [1.165, 1.54) is 6.42 Å². The van der Waals surface area contributed by atoms with E-state index >= 15 is 0 Å². The number of aryl methyl sites for hydroxylation is 2. The number of nitrogens with two attached hydrogens (primary N) is 1. The van der Waals surface area contributed by atoms with Gasteiger partial charge < -0.3 is 10.6 Å². The van der Waals surface area contributed by atoms with Crippen molar-refractivity contribution in [2.45, 2.75) is 46.5 Å². The SMILES string of the molecule is C/C(C(=N)c1cc(C(=O)N2CC(c3ccc(C#N)cc3)C2)c(C)cc1C)=C(/N)CC1CC1C. The van der Waals surface area contributed by atoms with Gasteiger partial charge in [-0.2, -0.15) is 5.26 Å². The van der Waals surface area contributed by atoms with Crippen molar-refractivity contribution in [3.8, 4) is 6.07 Å². The molecule has 1 amide bonds. The van der Waals surface area contributed by atoms with Crippen molar-refractivity contribution in [3.05, 3.63) is 81.0 Å². The minimum atomic E-state index is 0.00727. The van der Waals surface area contributed by atoms with Gasteiger partial charge >= 0.3 is 0 Å². The number of nitrogens with one attached hydrogen (secondary N) is 1. The average Bonchev–Trinajstić information content (AvgIpc) is 3.46. The fourth-order valence-electron chi connectivity index (χ4n) is 4.69. The Balaban J connectivity index is 1.50. The molecule has 1 aliphatic carbocycles. The van der Waals surface area contributed by atoms with Crippen LogP contribution in [-0.4, -0.2) is 29.6 Å². The Labute approximate surface area is 196 Å². The maximum Gasteiger partial charge on any atom is 0.254 e. The summed E-state index contributed by atoms with van der Waals surface area (Å²) in [5, 5.41) is 17.8. The lowest BCUT2D eigenvalue weighted by Crippen LogP contribution is -2.48. The van der Waals surface area contributed by atoms with E-state index in [0.29, 0.717) is 41.8 Å². The molecular formula is C28H32N4O. The molecule has 3 N–H and O–H groups in total. The van der Waals surface area contributed by atoms with Crippen molar-refractivity contribution >= 4 is 11.6 Å². The minimum Gasteiger partial charge on any atom is -0.402 e. The summed E-state index contributed by atoms with van der Waals surface area (Å²) in [5.41, 5.74) is 13.5. The number of nitrogens with zero attached hydrogens (tertiary/aromatic N) is 2. The standard InChI is InChI=1S/C28H32N4O/c1-16-10-22(16)11-26(30)19(4)27(31)24-12-25(18(3)9-17(24)2)28(33)32-14-23(15-32)21-7-5-20(13-29)6-8-21/h5-9,12,16,22-23,31H,10-11,14-15,30H2,1-4H3/b26-19-,31-27?. The van der Waals surface area contributed by atoms with Gasteiger partial charge in [0.15, 0.2) is 0 Å². The van der Waals surface area contributed by atoms with Crippen LogP contribution in [0, 0.1) is 42.4 Å². The van der Waals surface area contributed by atoms with Crippen molar-refractivity contribution in [3.63, 3.8) is 0 Å². The highest BCUT2D eigenvalue weighted by Crippen LogP contribution is 2.42. The van der Waals surface area contributed by atoms with Crippen LogP contribution in [0.4, 0.5) is 0 Å². The molecule has 0 bridgehead atoms. The summed E-state index contributed by atoms with van der Waals surface area (Å²) >= 11 is 0. The number of hydrogen-bond acceptors (Lipinski definition) is 4. The topological polar surface area (TPSA) is 94.0 Å². The lowest BCUT2D eigenvalue weighted by atomic mass is 9.88. The Morgan fingerprint density at radius 2 is 1.76 bits per heavy atom. The number of likely N-dealkylation sites (tertiary alicyclic amines) is 1. The molecule has 1 saturated heterocycles. The average molecular weight is 441 g/mol. The molecule has 2 unspecified atom stereocenters. The second-order valence-electron chi connectivity index (χ2n) is 9.83. The molecule has 2 atom stereocenters. The zero-order valence-electron chi connectivity index (χ0n) is 19.9. The van der Waals surface area contributed by atoms with E-state index in [1.54, 1.807) is 0 Å². The summed E-state index contributed by atoms with van der Waals surface area (Å²) < 4.78 is 0. The first-order valence-electron chi connectivity index (χ1n) is 11.6. The number of allylic oxidation sites excluding steroid dienone is 2. The molecule has 2 aliphatic rings. The van der Waals surface area contributed by atoms with Crippen LogP contribution < -0.4 is 5.73 Å².